The molecule has 1 rings (SSSR count). The third-order valence-electron chi connectivity index (χ3n) is 3.27. The van der Waals surface area contributed by atoms with Gasteiger partial charge in [0.05, 0.1) is 5.75 Å². The fourth-order valence-corrected chi connectivity index (χ4v) is 3.78. The second-order valence-corrected chi connectivity index (χ2v) is 8.53. The molecule has 27 heavy (non-hydrogen) atoms. The molecule has 0 spiro atoms. The van der Waals surface area contributed by atoms with Crippen molar-refractivity contribution in [1.82, 2.24) is 5.32 Å². The fraction of sp³-hybridized carbons (Fsp3) is 0.500. The number of hydrogen-bond acceptors (Lipinski definition) is 4. The predicted molar refractivity (Wildman–Crippen MR) is 91.6 cm³/mol. The fourth-order valence-electron chi connectivity index (χ4n) is 2.18. The number of anilines is 1. The van der Waals surface area contributed by atoms with Crippen molar-refractivity contribution >= 4 is 27.3 Å². The van der Waals surface area contributed by atoms with E-state index in [0.717, 1.165) is 12.1 Å². The highest BCUT2D eigenvalue weighted by atomic mass is 32.2. The van der Waals surface area contributed by atoms with E-state index in [-0.39, 0.29) is 22.9 Å². The molecule has 152 valence electrons. The standard InChI is InChI=1S/C16H20F4N2O4S/c1-9(2)6-27(25,26)7-14(23)22-13-5-11(4-12(17)10(13)3)15(24)21-8-16(18,19)20/h4-5,9H,6-8H2,1-3H3,(H,21,24)(H,22,23). The van der Waals surface area contributed by atoms with E-state index in [4.69, 9.17) is 0 Å². The molecule has 1 aromatic rings. The Labute approximate surface area is 154 Å². The van der Waals surface area contributed by atoms with E-state index in [0.29, 0.717) is 0 Å². The van der Waals surface area contributed by atoms with E-state index in [1.807, 2.05) is 0 Å². The molecule has 2 N–H and O–H groups in total. The van der Waals surface area contributed by atoms with Crippen LogP contribution in [0.15, 0.2) is 12.1 Å². The number of sulfone groups is 1. The maximum atomic E-state index is 14.0. The number of halogens is 4. The molecule has 0 aliphatic rings. The van der Waals surface area contributed by atoms with Gasteiger partial charge in [0.25, 0.3) is 5.91 Å². The Kier molecular flexibility index (Phi) is 7.35. The Hall–Kier alpha value is -2.17. The topological polar surface area (TPSA) is 92.3 Å². The lowest BCUT2D eigenvalue weighted by Gasteiger charge is -2.13. The molecule has 0 aromatic heterocycles. The molecule has 0 bridgehead atoms. The Bertz CT molecular complexity index is 820. The monoisotopic (exact) mass is 412 g/mol. The lowest BCUT2D eigenvalue weighted by Crippen LogP contribution is -2.34. The smallest absolute Gasteiger partial charge is 0.343 e. The summed E-state index contributed by atoms with van der Waals surface area (Å²) in [4.78, 5) is 23.7. The van der Waals surface area contributed by atoms with Gasteiger partial charge in [0.15, 0.2) is 9.84 Å². The van der Waals surface area contributed by atoms with Gasteiger partial charge in [0.1, 0.15) is 18.1 Å². The minimum absolute atomic E-state index is 0.0861. The molecule has 0 aliphatic carbocycles. The van der Waals surface area contributed by atoms with Gasteiger partial charge < -0.3 is 10.6 Å². The minimum Gasteiger partial charge on any atom is -0.343 e. The Morgan fingerprint density at radius 1 is 1.19 bits per heavy atom. The second kappa shape index (κ2) is 8.68. The number of alkyl halides is 3. The second-order valence-electron chi connectivity index (χ2n) is 6.43. The van der Waals surface area contributed by atoms with E-state index in [1.54, 1.807) is 19.2 Å². The van der Waals surface area contributed by atoms with E-state index in [1.165, 1.54) is 6.92 Å². The van der Waals surface area contributed by atoms with Crippen LogP contribution in [0.25, 0.3) is 0 Å². The normalized spacial score (nSPS) is 12.1. The molecule has 1 aromatic carbocycles. The van der Waals surface area contributed by atoms with E-state index < -0.39 is 51.5 Å². The zero-order valence-corrected chi connectivity index (χ0v) is 15.7. The van der Waals surface area contributed by atoms with Gasteiger partial charge in [-0.05, 0) is 25.0 Å². The summed E-state index contributed by atoms with van der Waals surface area (Å²) >= 11 is 0. The van der Waals surface area contributed by atoms with Crippen LogP contribution in [-0.4, -0.2) is 44.5 Å². The van der Waals surface area contributed by atoms with Gasteiger partial charge in [-0.3, -0.25) is 9.59 Å². The van der Waals surface area contributed by atoms with Crippen LogP contribution in [0, 0.1) is 18.7 Å². The zero-order valence-electron chi connectivity index (χ0n) is 14.9. The summed E-state index contributed by atoms with van der Waals surface area (Å²) in [5.41, 5.74) is -0.725. The summed E-state index contributed by atoms with van der Waals surface area (Å²) in [6.07, 6.45) is -4.64. The van der Waals surface area contributed by atoms with Crippen molar-refractivity contribution in [3.63, 3.8) is 0 Å². The summed E-state index contributed by atoms with van der Waals surface area (Å²) in [6, 6.07) is 1.71. The first kappa shape index (κ1) is 22.9. The minimum atomic E-state index is -4.64. The first-order valence-electron chi connectivity index (χ1n) is 7.85. The van der Waals surface area contributed by atoms with Crippen LogP contribution in [0.4, 0.5) is 23.2 Å². The quantitative estimate of drug-likeness (QED) is 0.673. The third-order valence-corrected chi connectivity index (χ3v) is 5.14. The number of amides is 2. The van der Waals surface area contributed by atoms with Crippen molar-refractivity contribution in [2.24, 2.45) is 5.92 Å². The van der Waals surface area contributed by atoms with Crippen LogP contribution in [0.1, 0.15) is 29.8 Å². The molecule has 0 fully saturated rings. The molecule has 11 heteroatoms. The first-order valence-corrected chi connectivity index (χ1v) is 9.67. The number of rotatable bonds is 7. The van der Waals surface area contributed by atoms with Gasteiger partial charge in [-0.15, -0.1) is 0 Å². The summed E-state index contributed by atoms with van der Waals surface area (Å²) in [5.74, 6) is -4.30. The predicted octanol–water partition coefficient (Wildman–Crippen LogP) is 2.44. The van der Waals surface area contributed by atoms with Crippen molar-refractivity contribution in [3.05, 3.63) is 29.1 Å². The van der Waals surface area contributed by atoms with Gasteiger partial charge in [-0.2, -0.15) is 13.2 Å². The van der Waals surface area contributed by atoms with Crippen molar-refractivity contribution in [3.8, 4) is 0 Å². The number of nitrogens with one attached hydrogen (secondary N) is 2. The molecule has 0 unspecified atom stereocenters. The van der Waals surface area contributed by atoms with Gasteiger partial charge in [-0.25, -0.2) is 12.8 Å². The molecule has 6 nitrogen and oxygen atoms in total. The highest BCUT2D eigenvalue weighted by molar-refractivity contribution is 7.92. The van der Waals surface area contributed by atoms with Gasteiger partial charge in [0, 0.05) is 16.8 Å². The molecular formula is C16H20F4N2O4S. The third kappa shape index (κ3) is 7.94. The van der Waals surface area contributed by atoms with Crippen molar-refractivity contribution in [1.29, 1.82) is 0 Å². The number of carbonyl (C=O) groups is 2. The maximum Gasteiger partial charge on any atom is 0.405 e. The lowest BCUT2D eigenvalue weighted by atomic mass is 10.1. The van der Waals surface area contributed by atoms with Gasteiger partial charge >= 0.3 is 6.18 Å². The summed E-state index contributed by atoms with van der Waals surface area (Å²) in [5, 5.41) is 3.77. The molecule has 2 amide bonds. The van der Waals surface area contributed by atoms with Crippen LogP contribution in [-0.2, 0) is 14.6 Å². The van der Waals surface area contributed by atoms with Crippen LogP contribution in [0.5, 0.6) is 0 Å². The number of benzene rings is 1. The number of hydrogen-bond donors (Lipinski definition) is 2. The maximum absolute atomic E-state index is 14.0. The van der Waals surface area contributed by atoms with E-state index in [9.17, 15) is 35.6 Å². The molecule has 0 saturated carbocycles. The van der Waals surface area contributed by atoms with Crippen LogP contribution >= 0.6 is 0 Å². The van der Waals surface area contributed by atoms with E-state index >= 15 is 0 Å². The molecule has 0 heterocycles. The molecular weight excluding hydrogens is 392 g/mol. The molecule has 0 radical (unpaired) electrons. The van der Waals surface area contributed by atoms with Gasteiger partial charge in [0.2, 0.25) is 5.91 Å². The lowest BCUT2D eigenvalue weighted by molar-refractivity contribution is -0.123. The average molecular weight is 412 g/mol. The average Bonchev–Trinajstić information content (AvgIpc) is 2.46. The van der Waals surface area contributed by atoms with Crippen molar-refractivity contribution in [2.45, 2.75) is 26.9 Å². The number of carbonyl (C=O) groups excluding carboxylic acids is 2. The SMILES string of the molecule is Cc1c(F)cc(C(=O)NCC(F)(F)F)cc1NC(=O)CS(=O)(=O)CC(C)C. The van der Waals surface area contributed by atoms with Gasteiger partial charge in [-0.1, -0.05) is 13.8 Å². The first-order chi connectivity index (χ1) is 12.2. The highest BCUT2D eigenvalue weighted by Gasteiger charge is 2.28. The van der Waals surface area contributed by atoms with Crippen LogP contribution in [0.3, 0.4) is 0 Å². The highest BCUT2D eigenvalue weighted by Crippen LogP contribution is 2.21. The largest absolute Gasteiger partial charge is 0.405 e. The van der Waals surface area contributed by atoms with Crippen molar-refractivity contribution in [2.75, 3.05) is 23.4 Å². The Morgan fingerprint density at radius 2 is 1.78 bits per heavy atom. The summed E-state index contributed by atoms with van der Waals surface area (Å²) in [7, 11) is -3.68. The molecule has 0 saturated heterocycles. The molecule has 0 aliphatic heterocycles. The van der Waals surface area contributed by atoms with Crippen molar-refractivity contribution < 1.29 is 35.6 Å². The van der Waals surface area contributed by atoms with Crippen LogP contribution in [0.2, 0.25) is 0 Å². The summed E-state index contributed by atoms with van der Waals surface area (Å²) < 4.78 is 74.2. The zero-order chi connectivity index (χ0) is 21.0. The van der Waals surface area contributed by atoms with Crippen LogP contribution < -0.4 is 10.6 Å². The summed E-state index contributed by atoms with van der Waals surface area (Å²) in [6.45, 7) is 3.00. The Morgan fingerprint density at radius 3 is 2.30 bits per heavy atom. The molecule has 0 atom stereocenters. The van der Waals surface area contributed by atoms with E-state index in [2.05, 4.69) is 5.32 Å². The Balaban J connectivity index is 2.97.